The zero-order valence-electron chi connectivity index (χ0n) is 17.6. The summed E-state index contributed by atoms with van der Waals surface area (Å²) in [4.78, 5) is 0. The number of ether oxygens (including phenoxy) is 1. The monoisotopic (exact) mass is 396 g/mol. The molecule has 1 aliphatic carbocycles. The van der Waals surface area contributed by atoms with Crippen molar-refractivity contribution in [2.45, 2.75) is 65.7 Å². The lowest BCUT2D eigenvalue weighted by atomic mass is 9.58. The standard InChI is InChI=1S/C23H31F3O2/c1-16-11-17(2)13-18(12-16)14-22(27,23(24,25)26)15-20(3,4)21(5)10-8-7-9-19(21)28-6/h7-9,11-13,27H,10,14-15H2,1-6H3. The lowest BCUT2D eigenvalue weighted by molar-refractivity contribution is -0.273. The van der Waals surface area contributed by atoms with E-state index < -0.39 is 35.4 Å². The molecular weight excluding hydrogens is 365 g/mol. The van der Waals surface area contributed by atoms with Gasteiger partial charge in [0.2, 0.25) is 0 Å². The number of aliphatic hydroxyl groups is 1. The minimum atomic E-state index is -4.75. The average Bonchev–Trinajstić information content (AvgIpc) is 2.52. The molecule has 1 aromatic carbocycles. The van der Waals surface area contributed by atoms with Crippen LogP contribution in [-0.2, 0) is 11.2 Å². The van der Waals surface area contributed by atoms with Gasteiger partial charge in [-0.3, -0.25) is 0 Å². The van der Waals surface area contributed by atoms with E-state index in [1.807, 2.05) is 39.0 Å². The first kappa shape index (κ1) is 22.5. The van der Waals surface area contributed by atoms with E-state index in [2.05, 4.69) is 0 Å². The van der Waals surface area contributed by atoms with Crippen LogP contribution in [0, 0.1) is 24.7 Å². The van der Waals surface area contributed by atoms with Crippen LogP contribution >= 0.6 is 0 Å². The maximum absolute atomic E-state index is 14.1. The summed E-state index contributed by atoms with van der Waals surface area (Å²) in [6.45, 7) is 9.14. The minimum absolute atomic E-state index is 0.429. The molecule has 0 spiro atoms. The number of alkyl halides is 3. The fourth-order valence-corrected chi connectivity index (χ4v) is 4.34. The quantitative estimate of drug-likeness (QED) is 0.634. The zero-order valence-corrected chi connectivity index (χ0v) is 17.6. The number of hydrogen-bond acceptors (Lipinski definition) is 2. The molecule has 0 heterocycles. The van der Waals surface area contributed by atoms with Crippen molar-refractivity contribution >= 4 is 0 Å². The SMILES string of the molecule is COC1=CC=CCC1(C)C(C)(C)CC(O)(Cc1cc(C)cc(C)c1)C(F)(F)F. The summed E-state index contributed by atoms with van der Waals surface area (Å²) in [6.07, 6.45) is 0.476. The molecule has 1 aliphatic rings. The first-order valence-electron chi connectivity index (χ1n) is 9.52. The average molecular weight is 396 g/mol. The van der Waals surface area contributed by atoms with Crippen molar-refractivity contribution in [1.82, 2.24) is 0 Å². The Balaban J connectivity index is 2.43. The Morgan fingerprint density at radius 3 is 2.18 bits per heavy atom. The number of allylic oxidation sites excluding steroid dienone is 4. The van der Waals surface area contributed by atoms with Gasteiger partial charge >= 0.3 is 6.18 Å². The second-order valence-electron chi connectivity index (χ2n) is 8.96. The highest BCUT2D eigenvalue weighted by Crippen LogP contribution is 2.55. The molecular formula is C23H31F3O2. The van der Waals surface area contributed by atoms with Crippen molar-refractivity contribution < 1.29 is 23.0 Å². The third-order valence-corrected chi connectivity index (χ3v) is 6.21. The summed E-state index contributed by atoms with van der Waals surface area (Å²) in [6, 6.07) is 5.33. The van der Waals surface area contributed by atoms with Gasteiger partial charge in [-0.15, -0.1) is 0 Å². The van der Waals surface area contributed by atoms with Crippen LogP contribution in [0.4, 0.5) is 13.2 Å². The van der Waals surface area contributed by atoms with E-state index in [-0.39, 0.29) is 0 Å². The topological polar surface area (TPSA) is 29.5 Å². The highest BCUT2D eigenvalue weighted by Gasteiger charge is 2.59. The Morgan fingerprint density at radius 2 is 1.68 bits per heavy atom. The smallest absolute Gasteiger partial charge is 0.417 e. The van der Waals surface area contributed by atoms with E-state index in [9.17, 15) is 18.3 Å². The Morgan fingerprint density at radius 1 is 1.11 bits per heavy atom. The summed E-state index contributed by atoms with van der Waals surface area (Å²) in [5, 5.41) is 10.9. The van der Waals surface area contributed by atoms with Gasteiger partial charge in [-0.05, 0) is 43.7 Å². The van der Waals surface area contributed by atoms with Gasteiger partial charge in [-0.25, -0.2) is 0 Å². The summed E-state index contributed by atoms with van der Waals surface area (Å²) < 4.78 is 47.7. The highest BCUT2D eigenvalue weighted by molar-refractivity contribution is 5.30. The number of aryl methyl sites for hydroxylation is 2. The third-order valence-electron chi connectivity index (χ3n) is 6.21. The van der Waals surface area contributed by atoms with E-state index in [1.165, 1.54) is 7.11 Å². The second-order valence-corrected chi connectivity index (χ2v) is 8.96. The van der Waals surface area contributed by atoms with Crippen molar-refractivity contribution in [3.8, 4) is 0 Å². The highest BCUT2D eigenvalue weighted by atomic mass is 19.4. The molecule has 28 heavy (non-hydrogen) atoms. The Labute approximate surface area is 166 Å². The summed E-state index contributed by atoms with van der Waals surface area (Å²) in [5.74, 6) is 0.635. The Kier molecular flexibility index (Phi) is 6.10. The predicted molar refractivity (Wildman–Crippen MR) is 106 cm³/mol. The molecule has 156 valence electrons. The van der Waals surface area contributed by atoms with E-state index in [1.54, 1.807) is 32.1 Å². The fourth-order valence-electron chi connectivity index (χ4n) is 4.34. The van der Waals surface area contributed by atoms with Crippen LogP contribution in [0.5, 0.6) is 0 Å². The molecule has 2 unspecified atom stereocenters. The van der Waals surface area contributed by atoms with Crippen LogP contribution in [0.15, 0.2) is 42.2 Å². The van der Waals surface area contributed by atoms with E-state index in [0.717, 1.165) is 11.1 Å². The first-order valence-corrected chi connectivity index (χ1v) is 9.52. The van der Waals surface area contributed by atoms with Gasteiger partial charge in [0, 0.05) is 11.8 Å². The van der Waals surface area contributed by atoms with E-state index in [0.29, 0.717) is 17.7 Å². The van der Waals surface area contributed by atoms with Crippen molar-refractivity contribution in [3.05, 3.63) is 58.9 Å². The molecule has 1 aromatic rings. The van der Waals surface area contributed by atoms with Gasteiger partial charge in [0.25, 0.3) is 0 Å². The number of benzene rings is 1. The van der Waals surface area contributed by atoms with E-state index >= 15 is 0 Å². The van der Waals surface area contributed by atoms with Gasteiger partial charge in [0.05, 0.1) is 7.11 Å². The molecule has 0 fully saturated rings. The van der Waals surface area contributed by atoms with Crippen molar-refractivity contribution in [1.29, 1.82) is 0 Å². The van der Waals surface area contributed by atoms with Gasteiger partial charge in [0.15, 0.2) is 5.60 Å². The zero-order chi connectivity index (χ0) is 21.4. The number of halogens is 3. The molecule has 0 aliphatic heterocycles. The molecule has 0 bridgehead atoms. The number of rotatable bonds is 6. The Hall–Kier alpha value is -1.75. The van der Waals surface area contributed by atoms with Crippen molar-refractivity contribution in [2.24, 2.45) is 10.8 Å². The molecule has 0 saturated heterocycles. The van der Waals surface area contributed by atoms with Crippen molar-refractivity contribution in [2.75, 3.05) is 7.11 Å². The van der Waals surface area contributed by atoms with Crippen LogP contribution in [0.2, 0.25) is 0 Å². The summed E-state index contributed by atoms with van der Waals surface area (Å²) in [7, 11) is 1.53. The van der Waals surface area contributed by atoms with Gasteiger partial charge in [-0.1, -0.05) is 62.2 Å². The molecule has 0 saturated carbocycles. The normalized spacial score (nSPS) is 22.6. The fraction of sp³-hybridized carbons (Fsp3) is 0.565. The first-order chi connectivity index (χ1) is 12.7. The predicted octanol–water partition coefficient (Wildman–Crippen LogP) is 6.05. The van der Waals surface area contributed by atoms with Crippen LogP contribution in [-0.4, -0.2) is 24.0 Å². The summed E-state index contributed by atoms with van der Waals surface area (Å²) >= 11 is 0. The minimum Gasteiger partial charge on any atom is -0.500 e. The molecule has 2 rings (SSSR count). The van der Waals surface area contributed by atoms with Crippen LogP contribution in [0.3, 0.4) is 0 Å². The van der Waals surface area contributed by atoms with Gasteiger partial charge in [0.1, 0.15) is 5.76 Å². The number of methoxy groups -OCH3 is 1. The molecule has 5 heteroatoms. The summed E-state index contributed by atoms with van der Waals surface area (Å²) in [5.41, 5.74) is -2.11. The Bertz CT molecular complexity index is 756. The molecule has 2 nitrogen and oxygen atoms in total. The largest absolute Gasteiger partial charge is 0.500 e. The lowest BCUT2D eigenvalue weighted by Crippen LogP contribution is -2.53. The van der Waals surface area contributed by atoms with Crippen LogP contribution in [0.1, 0.15) is 50.3 Å². The number of hydrogen-bond donors (Lipinski definition) is 1. The second kappa shape index (κ2) is 7.58. The maximum Gasteiger partial charge on any atom is 0.417 e. The molecule has 1 N–H and O–H groups in total. The molecule has 0 amide bonds. The molecule has 0 aromatic heterocycles. The third kappa shape index (κ3) is 4.29. The lowest BCUT2D eigenvalue weighted by Gasteiger charge is -2.49. The van der Waals surface area contributed by atoms with Crippen molar-refractivity contribution in [3.63, 3.8) is 0 Å². The van der Waals surface area contributed by atoms with Gasteiger partial charge < -0.3 is 9.84 Å². The molecule has 0 radical (unpaired) electrons. The maximum atomic E-state index is 14.1. The van der Waals surface area contributed by atoms with Crippen LogP contribution < -0.4 is 0 Å². The van der Waals surface area contributed by atoms with Crippen LogP contribution in [0.25, 0.3) is 0 Å². The van der Waals surface area contributed by atoms with Gasteiger partial charge in [-0.2, -0.15) is 13.2 Å². The van der Waals surface area contributed by atoms with E-state index in [4.69, 9.17) is 4.74 Å². The molecule has 2 atom stereocenters.